The summed E-state index contributed by atoms with van der Waals surface area (Å²) in [6.07, 6.45) is 16.8. The van der Waals surface area contributed by atoms with E-state index in [2.05, 4.69) is 88.6 Å². The fourth-order valence-corrected chi connectivity index (χ4v) is 9.25. The van der Waals surface area contributed by atoms with Crippen LogP contribution in [-0.2, 0) is 0 Å². The van der Waals surface area contributed by atoms with Crippen molar-refractivity contribution in [3.63, 3.8) is 0 Å². The minimum Gasteiger partial charge on any atom is -0.388 e. The number of hydrogen-bond acceptors (Lipinski definition) is 5. The van der Waals surface area contributed by atoms with Crippen molar-refractivity contribution in [1.29, 1.82) is 0 Å². The molecule has 4 unspecified atom stereocenters. The topological polar surface area (TPSA) is 73.7 Å². The monoisotopic (exact) mass is 549 g/mol. The first kappa shape index (κ1) is 29.9. The SMILES string of the molecule is CC1=CC(C23CC4CC(CC(C4)C2)C3)C(N=O)C(CNCCNCC2C=C(C(C)(C)C)C=C(C(C)(C)C)C2O)=C1. The van der Waals surface area contributed by atoms with Crippen molar-refractivity contribution in [3.05, 3.63) is 51.5 Å². The van der Waals surface area contributed by atoms with Crippen molar-refractivity contribution in [2.45, 2.75) is 99.1 Å². The third-order valence-electron chi connectivity index (χ3n) is 10.8. The first-order chi connectivity index (χ1) is 18.8. The number of nitroso groups, excluding NO2 is 1. The van der Waals surface area contributed by atoms with Gasteiger partial charge in [-0.25, -0.2) is 0 Å². The van der Waals surface area contributed by atoms with Crippen LogP contribution < -0.4 is 10.6 Å². The molecule has 6 aliphatic carbocycles. The van der Waals surface area contributed by atoms with Gasteiger partial charge in [-0.1, -0.05) is 76.6 Å². The summed E-state index contributed by atoms with van der Waals surface area (Å²) in [5.74, 6) is 2.94. The second-order valence-corrected chi connectivity index (χ2v) is 16.2. The summed E-state index contributed by atoms with van der Waals surface area (Å²) in [5, 5.41) is 22.2. The van der Waals surface area contributed by atoms with Gasteiger partial charge in [0.25, 0.3) is 0 Å². The summed E-state index contributed by atoms with van der Waals surface area (Å²) < 4.78 is 0. The molecular weight excluding hydrogens is 494 g/mol. The van der Waals surface area contributed by atoms with Crippen LogP contribution >= 0.6 is 0 Å². The highest BCUT2D eigenvalue weighted by Crippen LogP contribution is 2.64. The minimum absolute atomic E-state index is 0.0495. The van der Waals surface area contributed by atoms with Crippen LogP contribution in [0, 0.1) is 50.7 Å². The predicted octanol–water partition coefficient (Wildman–Crippen LogP) is 6.96. The molecule has 0 aliphatic heterocycles. The Hall–Kier alpha value is -1.56. The third-order valence-corrected chi connectivity index (χ3v) is 10.8. The first-order valence-electron chi connectivity index (χ1n) is 16.0. The molecule has 4 saturated carbocycles. The van der Waals surface area contributed by atoms with Crippen molar-refractivity contribution < 1.29 is 5.11 Å². The van der Waals surface area contributed by atoms with Gasteiger partial charge in [-0.05, 0) is 96.2 Å². The fourth-order valence-electron chi connectivity index (χ4n) is 9.25. The summed E-state index contributed by atoms with van der Waals surface area (Å²) in [4.78, 5) is 12.3. The van der Waals surface area contributed by atoms with E-state index in [4.69, 9.17) is 0 Å². The Morgan fingerprint density at radius 2 is 1.50 bits per heavy atom. The molecule has 4 bridgehead atoms. The molecule has 6 rings (SSSR count). The number of aliphatic hydroxyl groups is 1. The summed E-state index contributed by atoms with van der Waals surface area (Å²) in [7, 11) is 0. The van der Waals surface area contributed by atoms with Gasteiger partial charge in [0.15, 0.2) is 0 Å². The van der Waals surface area contributed by atoms with Crippen LogP contribution in [-0.4, -0.2) is 43.4 Å². The van der Waals surface area contributed by atoms with E-state index in [0.29, 0.717) is 6.54 Å². The molecule has 0 aromatic heterocycles. The molecular formula is C35H55N3O2. The van der Waals surface area contributed by atoms with Gasteiger partial charge in [0.05, 0.1) is 6.10 Å². The molecule has 5 nitrogen and oxygen atoms in total. The molecule has 0 amide bonds. The van der Waals surface area contributed by atoms with Gasteiger partial charge in [-0.15, -0.1) is 0 Å². The van der Waals surface area contributed by atoms with E-state index in [1.54, 1.807) is 0 Å². The van der Waals surface area contributed by atoms with Crippen LogP contribution in [0.1, 0.15) is 87.0 Å². The maximum absolute atomic E-state index is 12.3. The summed E-state index contributed by atoms with van der Waals surface area (Å²) >= 11 is 0. The van der Waals surface area contributed by atoms with Crippen LogP contribution in [0.2, 0.25) is 0 Å². The van der Waals surface area contributed by atoms with Crippen LogP contribution in [0.25, 0.3) is 0 Å². The molecule has 0 spiro atoms. The van der Waals surface area contributed by atoms with E-state index >= 15 is 0 Å². The van der Waals surface area contributed by atoms with Crippen LogP contribution in [0.5, 0.6) is 0 Å². The number of aliphatic hydroxyl groups excluding tert-OH is 1. The zero-order valence-electron chi connectivity index (χ0n) is 26.2. The Balaban J connectivity index is 1.15. The van der Waals surface area contributed by atoms with Crippen LogP contribution in [0.3, 0.4) is 0 Å². The Morgan fingerprint density at radius 3 is 2.05 bits per heavy atom. The van der Waals surface area contributed by atoms with Crippen molar-refractivity contribution in [1.82, 2.24) is 10.6 Å². The summed E-state index contributed by atoms with van der Waals surface area (Å²) in [6.45, 7) is 18.6. The lowest BCUT2D eigenvalue weighted by atomic mass is 9.45. The molecule has 0 aromatic carbocycles. The molecule has 222 valence electrons. The Bertz CT molecular complexity index is 1050. The van der Waals surface area contributed by atoms with E-state index in [1.165, 1.54) is 49.7 Å². The van der Waals surface area contributed by atoms with Gasteiger partial charge in [0.1, 0.15) is 6.04 Å². The largest absolute Gasteiger partial charge is 0.388 e. The zero-order chi connectivity index (χ0) is 28.9. The quantitative estimate of drug-likeness (QED) is 0.215. The van der Waals surface area contributed by atoms with E-state index < -0.39 is 6.10 Å². The Labute approximate surface area is 243 Å². The molecule has 40 heavy (non-hydrogen) atoms. The maximum atomic E-state index is 12.3. The molecule has 4 fully saturated rings. The maximum Gasteiger partial charge on any atom is 0.121 e. The van der Waals surface area contributed by atoms with Gasteiger partial charge in [0.2, 0.25) is 0 Å². The average Bonchev–Trinajstić information content (AvgIpc) is 2.84. The van der Waals surface area contributed by atoms with Gasteiger partial charge in [-0.3, -0.25) is 0 Å². The highest BCUT2D eigenvalue weighted by Gasteiger charge is 2.56. The number of rotatable bonds is 9. The van der Waals surface area contributed by atoms with Crippen molar-refractivity contribution in [2.75, 3.05) is 26.2 Å². The fraction of sp³-hybridized carbons (Fsp3) is 0.771. The lowest BCUT2D eigenvalue weighted by Gasteiger charge is -2.60. The van der Waals surface area contributed by atoms with Crippen LogP contribution in [0.4, 0.5) is 0 Å². The van der Waals surface area contributed by atoms with Gasteiger partial charge < -0.3 is 15.7 Å². The second-order valence-electron chi connectivity index (χ2n) is 16.2. The number of nitrogens with zero attached hydrogens (tertiary/aromatic N) is 1. The summed E-state index contributed by atoms with van der Waals surface area (Å²) in [6, 6.07) is -0.235. The Kier molecular flexibility index (Phi) is 8.42. The standard InChI is InChI=1S/C35H55N3O2/c1-22-10-26(31(38-40)29(11-22)35-17-23-12-24(18-35)14-25(13-23)19-35)20-36-8-9-37-21-27-15-28(33(2,3)4)16-30(32(27)39)34(5,6)7/h10-11,15-16,23-25,27,29,31-32,36-37,39H,8-9,12-14,17-21H2,1-7H3. The molecule has 4 atom stereocenters. The van der Waals surface area contributed by atoms with Crippen molar-refractivity contribution in [3.8, 4) is 0 Å². The van der Waals surface area contributed by atoms with E-state index in [0.717, 1.165) is 48.5 Å². The molecule has 0 radical (unpaired) electrons. The lowest BCUT2D eigenvalue weighted by molar-refractivity contribution is -0.0795. The third kappa shape index (κ3) is 6.13. The number of hydrogen-bond donors (Lipinski definition) is 3. The van der Waals surface area contributed by atoms with Gasteiger partial charge >= 0.3 is 0 Å². The molecule has 0 aromatic rings. The Morgan fingerprint density at radius 1 is 0.900 bits per heavy atom. The van der Waals surface area contributed by atoms with Crippen LogP contribution in [0.15, 0.2) is 51.8 Å². The minimum atomic E-state index is -0.463. The predicted molar refractivity (Wildman–Crippen MR) is 166 cm³/mol. The molecule has 5 heteroatoms. The molecule has 0 saturated heterocycles. The van der Waals surface area contributed by atoms with Gasteiger partial charge in [-0.2, -0.15) is 4.91 Å². The number of allylic oxidation sites excluding steroid dienone is 4. The van der Waals surface area contributed by atoms with E-state index in [-0.39, 0.29) is 34.1 Å². The van der Waals surface area contributed by atoms with E-state index in [9.17, 15) is 10.0 Å². The van der Waals surface area contributed by atoms with E-state index in [1.807, 2.05) is 0 Å². The van der Waals surface area contributed by atoms with Crippen molar-refractivity contribution in [2.24, 2.45) is 51.0 Å². The lowest BCUT2D eigenvalue weighted by Crippen LogP contribution is -2.52. The van der Waals surface area contributed by atoms with Gasteiger partial charge in [0, 0.05) is 38.0 Å². The first-order valence-corrected chi connectivity index (χ1v) is 16.0. The highest BCUT2D eigenvalue weighted by molar-refractivity contribution is 5.39. The molecule has 0 heterocycles. The second kappa shape index (κ2) is 11.3. The summed E-state index contributed by atoms with van der Waals surface area (Å²) in [5.41, 5.74) is 5.16. The number of nitrogens with one attached hydrogen (secondary N) is 2. The molecule has 6 aliphatic rings. The smallest absolute Gasteiger partial charge is 0.121 e. The average molecular weight is 550 g/mol. The molecule has 3 N–H and O–H groups in total. The normalized spacial score (nSPS) is 37.5. The van der Waals surface area contributed by atoms with Crippen molar-refractivity contribution >= 4 is 0 Å². The highest BCUT2D eigenvalue weighted by atomic mass is 16.3. The zero-order valence-corrected chi connectivity index (χ0v) is 26.2.